The van der Waals surface area contributed by atoms with Gasteiger partial charge in [-0.25, -0.2) is 0 Å². The molecule has 2 heterocycles. The van der Waals surface area contributed by atoms with Crippen LogP contribution in [0.5, 0.6) is 0 Å². The maximum atomic E-state index is 13.3. The van der Waals surface area contributed by atoms with Gasteiger partial charge in [-0.2, -0.15) is 13.2 Å². The number of hydrogen-bond acceptors (Lipinski definition) is 5. The van der Waals surface area contributed by atoms with Crippen molar-refractivity contribution in [1.82, 2.24) is 20.4 Å². The van der Waals surface area contributed by atoms with E-state index in [-0.39, 0.29) is 23.7 Å². The lowest BCUT2D eigenvalue weighted by Gasteiger charge is -2.35. The van der Waals surface area contributed by atoms with E-state index in [9.17, 15) is 18.0 Å². The second-order valence-electron chi connectivity index (χ2n) is 8.33. The summed E-state index contributed by atoms with van der Waals surface area (Å²) in [5.41, 5.74) is -0.194. The van der Waals surface area contributed by atoms with Crippen LogP contribution in [-0.2, 0) is 12.7 Å². The quantitative estimate of drug-likeness (QED) is 0.667. The Labute approximate surface area is 189 Å². The number of carbonyl (C=O) groups excluding carboxylic acids is 1. The highest BCUT2D eigenvalue weighted by Gasteiger charge is 2.34. The van der Waals surface area contributed by atoms with Crippen molar-refractivity contribution in [2.45, 2.75) is 32.0 Å². The van der Waals surface area contributed by atoms with Gasteiger partial charge in [-0.1, -0.05) is 24.4 Å². The molecule has 1 amide bonds. The van der Waals surface area contributed by atoms with E-state index < -0.39 is 11.7 Å². The molecule has 1 aromatic heterocycles. The summed E-state index contributed by atoms with van der Waals surface area (Å²) < 4.78 is 39.9. The first-order valence-electron chi connectivity index (χ1n) is 10.7. The van der Waals surface area contributed by atoms with Crippen molar-refractivity contribution < 1.29 is 18.0 Å². The summed E-state index contributed by atoms with van der Waals surface area (Å²) in [5.74, 6) is 1.18. The molecule has 0 radical (unpaired) electrons. The molecule has 1 saturated carbocycles. The minimum Gasteiger partial charge on any atom is -0.353 e. The Balaban J connectivity index is 1.30. The van der Waals surface area contributed by atoms with Crippen LogP contribution in [0, 0.1) is 5.92 Å². The number of benzene rings is 1. The van der Waals surface area contributed by atoms with E-state index in [4.69, 9.17) is 11.6 Å². The van der Waals surface area contributed by atoms with Crippen LogP contribution in [-0.4, -0.2) is 53.7 Å². The van der Waals surface area contributed by atoms with Gasteiger partial charge in [0.1, 0.15) is 0 Å². The van der Waals surface area contributed by atoms with E-state index in [1.165, 1.54) is 25.0 Å². The number of hydrogen-bond donors (Lipinski definition) is 1. The van der Waals surface area contributed by atoms with Gasteiger partial charge in [-0.15, -0.1) is 10.2 Å². The predicted octanol–water partition coefficient (Wildman–Crippen LogP) is 4.00. The van der Waals surface area contributed by atoms with E-state index in [2.05, 4.69) is 15.5 Å². The highest BCUT2D eigenvalue weighted by Crippen LogP contribution is 2.34. The Morgan fingerprint density at radius 3 is 2.47 bits per heavy atom. The van der Waals surface area contributed by atoms with Crippen LogP contribution < -0.4 is 10.2 Å². The van der Waals surface area contributed by atoms with Gasteiger partial charge in [-0.3, -0.25) is 9.69 Å². The maximum absolute atomic E-state index is 13.3. The number of halogens is 4. The van der Waals surface area contributed by atoms with E-state index in [0.29, 0.717) is 43.6 Å². The number of carbonyl (C=O) groups is 1. The molecule has 4 rings (SSSR count). The Bertz CT molecular complexity index is 942. The Morgan fingerprint density at radius 2 is 1.84 bits per heavy atom. The number of piperazine rings is 1. The van der Waals surface area contributed by atoms with Crippen molar-refractivity contribution in [2.75, 3.05) is 37.6 Å². The highest BCUT2D eigenvalue weighted by molar-refractivity contribution is 6.30. The van der Waals surface area contributed by atoms with Crippen molar-refractivity contribution in [1.29, 1.82) is 0 Å². The average molecular weight is 468 g/mol. The Kier molecular flexibility index (Phi) is 6.85. The van der Waals surface area contributed by atoms with Crippen LogP contribution in [0.25, 0.3) is 0 Å². The van der Waals surface area contributed by atoms with Crippen LogP contribution in [0.15, 0.2) is 30.3 Å². The molecular weight excluding hydrogens is 443 g/mol. The third-order valence-electron chi connectivity index (χ3n) is 5.88. The van der Waals surface area contributed by atoms with Gasteiger partial charge < -0.3 is 10.2 Å². The number of nitrogens with zero attached hydrogens (tertiary/aromatic N) is 4. The molecular formula is C22H25ClF3N5O. The first-order valence-corrected chi connectivity index (χ1v) is 11.1. The standard InChI is InChI=1S/C22H25ClF3N5O/c23-17-3-4-18(22(24,25)26)16(13-17)14-30-9-11-31(12-10-30)20-6-5-19(28-29-20)21(32)27-8-7-15-1-2-15/h3-6,13,15H,1-2,7-12,14H2,(H,27,32). The summed E-state index contributed by atoms with van der Waals surface area (Å²) >= 11 is 5.93. The number of nitrogens with one attached hydrogen (secondary N) is 1. The van der Waals surface area contributed by atoms with Crippen LogP contribution in [0.3, 0.4) is 0 Å². The molecule has 0 bridgehead atoms. The minimum atomic E-state index is -4.41. The van der Waals surface area contributed by atoms with Crippen molar-refractivity contribution >= 4 is 23.3 Å². The first kappa shape index (κ1) is 22.8. The largest absolute Gasteiger partial charge is 0.416 e. The fourth-order valence-electron chi connectivity index (χ4n) is 3.85. The smallest absolute Gasteiger partial charge is 0.353 e. The lowest BCUT2D eigenvalue weighted by Crippen LogP contribution is -2.46. The summed E-state index contributed by atoms with van der Waals surface area (Å²) in [4.78, 5) is 16.1. The molecule has 6 nitrogen and oxygen atoms in total. The molecule has 0 unspecified atom stereocenters. The second kappa shape index (κ2) is 9.62. The normalized spacial score (nSPS) is 17.4. The van der Waals surface area contributed by atoms with E-state index in [1.54, 1.807) is 12.1 Å². The lowest BCUT2D eigenvalue weighted by atomic mass is 10.1. The molecule has 0 spiro atoms. The summed E-state index contributed by atoms with van der Waals surface area (Å²) in [6.45, 7) is 3.18. The van der Waals surface area contributed by atoms with Gasteiger partial charge in [0.15, 0.2) is 11.5 Å². The third kappa shape index (κ3) is 5.89. The number of anilines is 1. The monoisotopic (exact) mass is 467 g/mol. The molecule has 1 saturated heterocycles. The summed E-state index contributed by atoms with van der Waals surface area (Å²) in [6.07, 6.45) is -0.912. The first-order chi connectivity index (χ1) is 15.3. The fraction of sp³-hybridized carbons (Fsp3) is 0.500. The molecule has 2 aromatic rings. The van der Waals surface area contributed by atoms with Crippen LogP contribution in [0.1, 0.15) is 40.9 Å². The van der Waals surface area contributed by atoms with Gasteiger partial charge in [0, 0.05) is 44.3 Å². The molecule has 10 heteroatoms. The van der Waals surface area contributed by atoms with E-state index in [0.717, 1.165) is 18.4 Å². The lowest BCUT2D eigenvalue weighted by molar-refractivity contribution is -0.138. The van der Waals surface area contributed by atoms with Gasteiger partial charge >= 0.3 is 6.18 Å². The number of aromatic nitrogens is 2. The van der Waals surface area contributed by atoms with Gasteiger partial charge in [0.2, 0.25) is 0 Å². The third-order valence-corrected chi connectivity index (χ3v) is 6.12. The second-order valence-corrected chi connectivity index (χ2v) is 8.76. The Hall–Kier alpha value is -2.39. The summed E-state index contributed by atoms with van der Waals surface area (Å²) in [5, 5.41) is 11.4. The van der Waals surface area contributed by atoms with Gasteiger partial charge in [0.25, 0.3) is 5.91 Å². The minimum absolute atomic E-state index is 0.175. The molecule has 1 aliphatic carbocycles. The molecule has 0 atom stereocenters. The molecule has 2 aliphatic rings. The summed E-state index contributed by atoms with van der Waals surface area (Å²) in [7, 11) is 0. The highest BCUT2D eigenvalue weighted by atomic mass is 35.5. The van der Waals surface area contributed by atoms with E-state index in [1.807, 2.05) is 9.80 Å². The van der Waals surface area contributed by atoms with Crippen molar-refractivity contribution in [3.05, 3.63) is 52.2 Å². The number of amides is 1. The molecule has 1 aliphatic heterocycles. The predicted molar refractivity (Wildman–Crippen MR) is 116 cm³/mol. The fourth-order valence-corrected chi connectivity index (χ4v) is 4.04. The zero-order chi connectivity index (χ0) is 22.7. The maximum Gasteiger partial charge on any atom is 0.416 e. The van der Waals surface area contributed by atoms with Crippen molar-refractivity contribution in [3.63, 3.8) is 0 Å². The summed E-state index contributed by atoms with van der Waals surface area (Å²) in [6, 6.07) is 7.10. The van der Waals surface area contributed by atoms with Crippen LogP contribution in [0.4, 0.5) is 19.0 Å². The zero-order valence-corrected chi connectivity index (χ0v) is 18.3. The molecule has 1 aromatic carbocycles. The molecule has 1 N–H and O–H groups in total. The Morgan fingerprint density at radius 1 is 1.09 bits per heavy atom. The zero-order valence-electron chi connectivity index (χ0n) is 17.5. The van der Waals surface area contributed by atoms with Crippen molar-refractivity contribution in [3.8, 4) is 0 Å². The van der Waals surface area contributed by atoms with Crippen molar-refractivity contribution in [2.24, 2.45) is 5.92 Å². The number of alkyl halides is 3. The molecule has 2 fully saturated rings. The van der Waals surface area contributed by atoms with E-state index >= 15 is 0 Å². The van der Waals surface area contributed by atoms with Gasteiger partial charge in [0.05, 0.1) is 5.56 Å². The van der Waals surface area contributed by atoms with Crippen LogP contribution >= 0.6 is 11.6 Å². The van der Waals surface area contributed by atoms with Crippen LogP contribution in [0.2, 0.25) is 5.02 Å². The SMILES string of the molecule is O=C(NCCC1CC1)c1ccc(N2CCN(Cc3cc(Cl)ccc3C(F)(F)F)CC2)nn1. The number of rotatable bonds is 7. The average Bonchev–Trinajstić information content (AvgIpc) is 3.58. The topological polar surface area (TPSA) is 61.4 Å². The molecule has 172 valence electrons. The van der Waals surface area contributed by atoms with Gasteiger partial charge in [-0.05, 0) is 48.2 Å². The molecule has 32 heavy (non-hydrogen) atoms.